The van der Waals surface area contributed by atoms with Crippen molar-refractivity contribution >= 4 is 5.78 Å². The van der Waals surface area contributed by atoms with E-state index in [4.69, 9.17) is 5.53 Å². The first kappa shape index (κ1) is 15.6. The molecule has 0 aromatic heterocycles. The number of Topliss-reactive ketones (excluding diaryl/α,β-unsaturated/α-hetero) is 1. The fraction of sp³-hybridized carbons (Fsp3) is 0.947. The summed E-state index contributed by atoms with van der Waals surface area (Å²) < 4.78 is 0. The minimum atomic E-state index is 0.00390. The van der Waals surface area contributed by atoms with Crippen LogP contribution in [-0.4, -0.2) is 11.8 Å². The van der Waals surface area contributed by atoms with Crippen LogP contribution in [0.25, 0.3) is 5.53 Å². The molecule has 2 N–H and O–H groups in total. The van der Waals surface area contributed by atoms with Crippen molar-refractivity contribution in [1.82, 2.24) is 5.43 Å². The molecule has 0 unspecified atom stereocenters. The van der Waals surface area contributed by atoms with Crippen LogP contribution in [0.15, 0.2) is 0 Å². The summed E-state index contributed by atoms with van der Waals surface area (Å²) in [6.45, 7) is 4.81. The minimum Gasteiger partial charge on any atom is -0.299 e. The molecule has 0 aliphatic heterocycles. The Hall–Kier alpha value is -0.930. The second-order valence-corrected chi connectivity index (χ2v) is 9.30. The topological polar surface area (TPSA) is 65.4 Å². The van der Waals surface area contributed by atoms with Crippen LogP contribution in [0.5, 0.6) is 0 Å². The highest BCUT2D eigenvalue weighted by Gasteiger charge is 2.60. The number of nitrogens with one attached hydrogen (secondary N) is 2. The van der Waals surface area contributed by atoms with Gasteiger partial charge in [-0.15, -0.1) is 0 Å². The van der Waals surface area contributed by atoms with Crippen LogP contribution in [0.3, 0.4) is 0 Å². The molecule has 0 bridgehead atoms. The first-order valence-corrected chi connectivity index (χ1v) is 9.67. The summed E-state index contributed by atoms with van der Waals surface area (Å²) in [7, 11) is 0. The molecule has 7 atom stereocenters. The monoisotopic (exact) mass is 317 g/mol. The fourth-order valence-corrected chi connectivity index (χ4v) is 7.25. The summed E-state index contributed by atoms with van der Waals surface area (Å²) in [5, 5.41) is 2.15. The molecular weight excluding hydrogens is 286 g/mol. The number of hydrazine groups is 1. The maximum absolute atomic E-state index is 12.4. The van der Waals surface area contributed by atoms with Crippen molar-refractivity contribution in [1.29, 1.82) is 0 Å². The van der Waals surface area contributed by atoms with E-state index in [1.165, 1.54) is 32.1 Å². The number of ketones is 1. The van der Waals surface area contributed by atoms with Crippen molar-refractivity contribution in [3.8, 4) is 0 Å². The highest BCUT2D eigenvalue weighted by atomic mass is 16.1. The smallest absolute Gasteiger partial charge is 0.139 e. The molecule has 0 aromatic rings. The predicted molar refractivity (Wildman–Crippen MR) is 88.0 cm³/mol. The Morgan fingerprint density at radius 3 is 2.70 bits per heavy atom. The summed E-state index contributed by atoms with van der Waals surface area (Å²) >= 11 is 0. The molecule has 4 fully saturated rings. The molecule has 4 saturated carbocycles. The van der Waals surface area contributed by atoms with Gasteiger partial charge in [0, 0.05) is 17.9 Å². The van der Waals surface area contributed by atoms with E-state index < -0.39 is 0 Å². The lowest BCUT2D eigenvalue weighted by molar-refractivity contribution is -0.557. The summed E-state index contributed by atoms with van der Waals surface area (Å²) in [6, 6.07) is 0.400. The first-order chi connectivity index (χ1) is 11.0. The largest absolute Gasteiger partial charge is 0.299 e. The number of fused-ring (bicyclic) bond motifs is 5. The molecule has 0 heterocycles. The van der Waals surface area contributed by atoms with Crippen LogP contribution < -0.4 is 10.6 Å². The van der Waals surface area contributed by atoms with Crippen molar-refractivity contribution in [2.75, 3.05) is 0 Å². The van der Waals surface area contributed by atoms with Crippen LogP contribution in [0, 0.1) is 34.5 Å². The van der Waals surface area contributed by atoms with Crippen LogP contribution >= 0.6 is 0 Å². The summed E-state index contributed by atoms with van der Waals surface area (Å²) in [6.07, 6.45) is 10.6. The van der Waals surface area contributed by atoms with E-state index >= 15 is 0 Å². The van der Waals surface area contributed by atoms with Crippen LogP contribution in [0.4, 0.5) is 0 Å². The van der Waals surface area contributed by atoms with E-state index in [1.807, 2.05) is 0 Å². The Bertz CT molecular complexity index is 521. The van der Waals surface area contributed by atoms with E-state index in [9.17, 15) is 4.79 Å². The van der Waals surface area contributed by atoms with Gasteiger partial charge in [-0.2, -0.15) is 10.8 Å². The average molecular weight is 317 g/mol. The van der Waals surface area contributed by atoms with E-state index in [2.05, 4.69) is 24.5 Å². The molecule has 4 rings (SSSR count). The first-order valence-electron chi connectivity index (χ1n) is 9.67. The Labute approximate surface area is 139 Å². The van der Waals surface area contributed by atoms with Gasteiger partial charge in [-0.25, -0.2) is 0 Å². The average Bonchev–Trinajstić information content (AvgIpc) is 2.84. The van der Waals surface area contributed by atoms with Gasteiger partial charge in [0.1, 0.15) is 5.78 Å². The van der Waals surface area contributed by atoms with Crippen molar-refractivity contribution in [2.45, 2.75) is 77.7 Å². The number of carbonyl (C=O) groups excluding carboxylic acids is 1. The van der Waals surface area contributed by atoms with Crippen molar-refractivity contribution < 1.29 is 10.0 Å². The highest BCUT2D eigenvalue weighted by molar-refractivity contribution is 5.87. The SMILES string of the molecule is C[C@]12CC[C@@H](N[NH+]=[N-])C[C@@H]1CC[C@H]1[C@H]3CCC(=O)[C@@]3(C)CC[C@@H]12. The van der Waals surface area contributed by atoms with Gasteiger partial charge >= 0.3 is 0 Å². The zero-order valence-corrected chi connectivity index (χ0v) is 14.6. The molecule has 128 valence electrons. The maximum atomic E-state index is 12.4. The molecule has 0 aromatic carbocycles. The Morgan fingerprint density at radius 1 is 1.09 bits per heavy atom. The number of hydrogen-bond donors (Lipinski definition) is 2. The molecule has 0 spiro atoms. The van der Waals surface area contributed by atoms with Gasteiger partial charge < -0.3 is 0 Å². The van der Waals surface area contributed by atoms with Gasteiger partial charge in [0.05, 0.1) is 0 Å². The van der Waals surface area contributed by atoms with Crippen LogP contribution in [0.2, 0.25) is 0 Å². The van der Waals surface area contributed by atoms with Gasteiger partial charge in [0.25, 0.3) is 0 Å². The van der Waals surface area contributed by atoms with Gasteiger partial charge in [-0.1, -0.05) is 13.8 Å². The Morgan fingerprint density at radius 2 is 1.91 bits per heavy atom. The van der Waals surface area contributed by atoms with E-state index in [1.54, 1.807) is 0 Å². The maximum Gasteiger partial charge on any atom is 0.139 e. The molecule has 4 heteroatoms. The van der Waals surface area contributed by atoms with Gasteiger partial charge in [0.2, 0.25) is 0 Å². The van der Waals surface area contributed by atoms with E-state index in [-0.39, 0.29) is 5.41 Å². The fourth-order valence-electron chi connectivity index (χ4n) is 7.25. The van der Waals surface area contributed by atoms with E-state index in [0.29, 0.717) is 23.2 Å². The predicted octanol–water partition coefficient (Wildman–Crippen LogP) is 2.57. The number of nitrogens with zero attached hydrogens (tertiary/aromatic N) is 1. The Balaban J connectivity index is 1.57. The molecule has 23 heavy (non-hydrogen) atoms. The summed E-state index contributed by atoms with van der Waals surface area (Å²) in [4.78, 5) is 12.4. The molecule has 4 nitrogen and oxygen atoms in total. The Kier molecular flexibility index (Phi) is 3.58. The third-order valence-electron chi connectivity index (χ3n) is 8.64. The van der Waals surface area contributed by atoms with Crippen molar-refractivity contribution in [2.24, 2.45) is 34.5 Å². The standard InChI is InChI=1S/C19H31N3O/c1-18-9-7-13(21-22-20)11-12(18)3-4-14-15-5-6-17(23)19(15,2)10-8-16(14)18/h12-16,22H,3-11H2,1-2H3,(H-,20,21)/t12-,13+,14-,15+,16-,18-,19-/m0/s1. The molecule has 0 amide bonds. The third kappa shape index (κ3) is 2.12. The molecule has 4 aliphatic carbocycles. The van der Waals surface area contributed by atoms with Crippen LogP contribution in [-0.2, 0) is 4.79 Å². The van der Waals surface area contributed by atoms with Crippen molar-refractivity contribution in [3.63, 3.8) is 0 Å². The molecule has 0 radical (unpaired) electrons. The van der Waals surface area contributed by atoms with Gasteiger partial charge in [-0.05, 0) is 80.5 Å². The lowest BCUT2D eigenvalue weighted by Crippen LogP contribution is -2.78. The van der Waals surface area contributed by atoms with Gasteiger partial charge in [-0.3, -0.25) is 10.2 Å². The number of carbonyl (C=O) groups is 1. The number of hydrogen-bond acceptors (Lipinski definition) is 1. The van der Waals surface area contributed by atoms with Gasteiger partial charge in [0.15, 0.2) is 0 Å². The zero-order valence-electron chi connectivity index (χ0n) is 14.6. The second-order valence-electron chi connectivity index (χ2n) is 9.30. The lowest BCUT2D eigenvalue weighted by Gasteiger charge is -2.60. The molecule has 4 aliphatic rings. The molecular formula is C19H31N3O. The van der Waals surface area contributed by atoms with Crippen LogP contribution in [0.1, 0.15) is 71.6 Å². The third-order valence-corrected chi connectivity index (χ3v) is 8.64. The highest BCUT2D eigenvalue weighted by Crippen LogP contribution is 2.65. The zero-order chi connectivity index (χ0) is 16.2. The minimum absolute atomic E-state index is 0.00390. The summed E-state index contributed by atoms with van der Waals surface area (Å²) in [5.41, 5.74) is 12.4. The number of rotatable bonds is 2. The second kappa shape index (κ2) is 5.29. The summed E-state index contributed by atoms with van der Waals surface area (Å²) in [5.74, 6) is 3.57. The molecule has 0 saturated heterocycles. The van der Waals surface area contributed by atoms with E-state index in [0.717, 1.165) is 43.4 Å². The van der Waals surface area contributed by atoms with Crippen molar-refractivity contribution in [3.05, 3.63) is 5.53 Å². The normalized spacial score (nSPS) is 52.3. The lowest BCUT2D eigenvalue weighted by atomic mass is 9.45. The quantitative estimate of drug-likeness (QED) is 0.607.